The number of pyridine rings is 1. The summed E-state index contributed by atoms with van der Waals surface area (Å²) in [5.41, 5.74) is -0.439. The van der Waals surface area contributed by atoms with Gasteiger partial charge in [-0.3, -0.25) is 14.4 Å². The number of halogens is 2. The molecule has 0 radical (unpaired) electrons. The van der Waals surface area contributed by atoms with E-state index in [-0.39, 0.29) is 53.6 Å². The van der Waals surface area contributed by atoms with Crippen LogP contribution in [0, 0.1) is 11.6 Å². The molecule has 12 nitrogen and oxygen atoms in total. The predicted octanol–water partition coefficient (Wildman–Crippen LogP) is 3.27. The molecule has 0 unspecified atom stereocenters. The first-order chi connectivity index (χ1) is 19.8. The number of imidazole rings is 1. The van der Waals surface area contributed by atoms with Crippen molar-refractivity contribution >= 4 is 34.6 Å². The van der Waals surface area contributed by atoms with Crippen molar-refractivity contribution in [1.82, 2.24) is 24.3 Å². The first kappa shape index (κ1) is 31.8. The van der Waals surface area contributed by atoms with Gasteiger partial charge in [-0.2, -0.15) is 4.39 Å². The number of aromatic nitrogens is 3. The first-order valence-corrected chi connectivity index (χ1v) is 13.1. The third-order valence-electron chi connectivity index (χ3n) is 5.83. The van der Waals surface area contributed by atoms with Crippen LogP contribution in [0.5, 0.6) is 5.75 Å². The maximum absolute atomic E-state index is 14.4. The average molecular weight is 589 g/mol. The van der Waals surface area contributed by atoms with E-state index < -0.39 is 41.4 Å². The van der Waals surface area contributed by atoms with Crippen LogP contribution >= 0.6 is 0 Å². The van der Waals surface area contributed by atoms with Crippen molar-refractivity contribution in [3.8, 4) is 5.75 Å². The van der Waals surface area contributed by atoms with Gasteiger partial charge >= 0.3 is 6.09 Å². The second-order valence-electron chi connectivity index (χ2n) is 10.1. The number of anilines is 1. The van der Waals surface area contributed by atoms with E-state index in [4.69, 9.17) is 9.47 Å². The molecule has 42 heavy (non-hydrogen) atoms. The number of ether oxygens (including phenoxy) is 2. The normalized spacial score (nSPS) is 12.0. The Morgan fingerprint density at radius 1 is 1.17 bits per heavy atom. The number of nitrogens with one attached hydrogen (secondary N) is 2. The second kappa shape index (κ2) is 13.7. The molecule has 0 aliphatic heterocycles. The van der Waals surface area contributed by atoms with Crippen LogP contribution in [0.3, 0.4) is 0 Å². The zero-order chi connectivity index (χ0) is 31.1. The van der Waals surface area contributed by atoms with Crippen molar-refractivity contribution in [2.75, 3.05) is 33.5 Å². The van der Waals surface area contributed by atoms with Crippen LogP contribution in [0.4, 0.5) is 19.3 Å². The first-order valence-electron chi connectivity index (χ1n) is 13.1. The van der Waals surface area contributed by atoms with Crippen LogP contribution in [0.15, 0.2) is 41.3 Å². The monoisotopic (exact) mass is 588 g/mol. The van der Waals surface area contributed by atoms with Gasteiger partial charge in [0.25, 0.3) is 11.5 Å². The molecule has 0 aliphatic carbocycles. The van der Waals surface area contributed by atoms with Gasteiger partial charge in [0.2, 0.25) is 11.7 Å². The van der Waals surface area contributed by atoms with Crippen molar-refractivity contribution in [2.45, 2.75) is 45.4 Å². The van der Waals surface area contributed by atoms with Gasteiger partial charge in [0.15, 0.2) is 17.7 Å². The highest BCUT2D eigenvalue weighted by Crippen LogP contribution is 2.30. The van der Waals surface area contributed by atoms with Crippen LogP contribution < -0.4 is 15.6 Å². The molecule has 3 amide bonds. The van der Waals surface area contributed by atoms with Crippen molar-refractivity contribution in [3.05, 3.63) is 64.4 Å². The quantitative estimate of drug-likeness (QED) is 0.328. The van der Waals surface area contributed by atoms with Gasteiger partial charge in [-0.25, -0.2) is 14.2 Å². The third-order valence-corrected chi connectivity index (χ3v) is 5.83. The Hall–Kier alpha value is -4.75. The maximum atomic E-state index is 14.4. The molecule has 3 rings (SSSR count). The fourth-order valence-corrected chi connectivity index (χ4v) is 3.72. The number of carbonyl (C=O) groups is 3. The van der Waals surface area contributed by atoms with Crippen LogP contribution in [-0.2, 0) is 20.9 Å². The Kier molecular flexibility index (Phi) is 10.4. The molecule has 0 spiro atoms. The fraction of sp³-hybridized carbons (Fsp3) is 0.393. The lowest BCUT2D eigenvalue weighted by Gasteiger charge is -2.19. The zero-order valence-corrected chi connectivity index (χ0v) is 24.2. The molecule has 3 aromatic rings. The number of likely N-dealkylation sites (N-methyl/N-ethyl adjacent to an activating group) is 1. The predicted molar refractivity (Wildman–Crippen MR) is 151 cm³/mol. The molecule has 0 bridgehead atoms. The molecule has 0 aliphatic rings. The highest BCUT2D eigenvalue weighted by Gasteiger charge is 2.25. The number of nitrogens with zero attached hydrogens (tertiary/aromatic N) is 4. The van der Waals surface area contributed by atoms with E-state index in [0.29, 0.717) is 0 Å². The molecule has 2 N–H and O–H groups in total. The highest BCUT2D eigenvalue weighted by molar-refractivity contribution is 5.95. The van der Waals surface area contributed by atoms with Crippen molar-refractivity contribution in [2.24, 2.45) is 0 Å². The number of fused-ring (bicyclic) bond motifs is 1. The van der Waals surface area contributed by atoms with Gasteiger partial charge in [-0.05, 0) is 44.9 Å². The van der Waals surface area contributed by atoms with E-state index in [2.05, 4.69) is 15.3 Å². The minimum atomic E-state index is -1.26. The largest absolute Gasteiger partial charge is 0.486 e. The summed E-state index contributed by atoms with van der Waals surface area (Å²) in [5, 5.41) is 2.50. The summed E-state index contributed by atoms with van der Waals surface area (Å²) in [6, 6.07) is 3.85. The minimum absolute atomic E-state index is 0.0521. The van der Waals surface area contributed by atoms with Gasteiger partial charge < -0.3 is 34.1 Å². The SMILES string of the molecule is CC(C)Oc1c(F)c(F)cc2[nH]c(Cn3cccc(NC(=O)[C@H](CC/C=C/C(=O)N(C)C)OC(=O)N(C)C)c3=O)nc12. The van der Waals surface area contributed by atoms with Crippen LogP contribution in [0.25, 0.3) is 11.0 Å². The average Bonchev–Trinajstić information content (AvgIpc) is 3.31. The number of rotatable bonds is 11. The summed E-state index contributed by atoms with van der Waals surface area (Å²) in [6.45, 7) is 3.21. The third kappa shape index (κ3) is 7.92. The number of hydrogen-bond acceptors (Lipinski definition) is 7. The summed E-state index contributed by atoms with van der Waals surface area (Å²) in [5.74, 6) is -3.38. The second-order valence-corrected chi connectivity index (χ2v) is 10.1. The Balaban J connectivity index is 1.82. The summed E-state index contributed by atoms with van der Waals surface area (Å²) >= 11 is 0. The molecule has 2 aromatic heterocycles. The van der Waals surface area contributed by atoms with Crippen molar-refractivity contribution < 1.29 is 32.6 Å². The number of aromatic amines is 1. The summed E-state index contributed by atoms with van der Waals surface area (Å²) in [7, 11) is 6.12. The Morgan fingerprint density at radius 2 is 1.88 bits per heavy atom. The molecule has 1 atom stereocenters. The summed E-state index contributed by atoms with van der Waals surface area (Å²) < 4.78 is 40.5. The highest BCUT2D eigenvalue weighted by atomic mass is 19.2. The molecular weight excluding hydrogens is 554 g/mol. The summed E-state index contributed by atoms with van der Waals surface area (Å²) in [6.07, 6.45) is 2.20. The van der Waals surface area contributed by atoms with Crippen molar-refractivity contribution in [3.63, 3.8) is 0 Å². The fourth-order valence-electron chi connectivity index (χ4n) is 3.72. The number of allylic oxidation sites excluding steroid dienone is 1. The van der Waals surface area contributed by atoms with E-state index in [0.717, 1.165) is 11.0 Å². The number of H-pyrrole nitrogens is 1. The van der Waals surface area contributed by atoms with Crippen LogP contribution in [0.1, 0.15) is 32.5 Å². The zero-order valence-electron chi connectivity index (χ0n) is 24.2. The van der Waals surface area contributed by atoms with E-state index >= 15 is 0 Å². The molecule has 14 heteroatoms. The minimum Gasteiger partial charge on any atom is -0.486 e. The Morgan fingerprint density at radius 3 is 2.52 bits per heavy atom. The number of benzene rings is 1. The Labute approximate surface area is 240 Å². The number of carbonyl (C=O) groups excluding carboxylic acids is 3. The lowest BCUT2D eigenvalue weighted by atomic mass is 10.1. The smallest absolute Gasteiger partial charge is 0.410 e. The van der Waals surface area contributed by atoms with Gasteiger partial charge in [0.1, 0.15) is 17.0 Å². The van der Waals surface area contributed by atoms with Gasteiger partial charge in [-0.1, -0.05) is 6.08 Å². The van der Waals surface area contributed by atoms with Crippen LogP contribution in [-0.4, -0.2) is 82.6 Å². The lowest BCUT2D eigenvalue weighted by molar-refractivity contribution is -0.125. The maximum Gasteiger partial charge on any atom is 0.410 e. The van der Waals surface area contributed by atoms with Gasteiger partial charge in [0.05, 0.1) is 18.2 Å². The van der Waals surface area contributed by atoms with E-state index in [9.17, 15) is 28.0 Å². The van der Waals surface area contributed by atoms with E-state index in [1.165, 1.54) is 48.0 Å². The molecule has 2 heterocycles. The summed E-state index contributed by atoms with van der Waals surface area (Å²) in [4.78, 5) is 59.9. The molecular formula is C28H34F2N6O6. The molecule has 0 saturated carbocycles. The standard InChI is InChI=1S/C28H34F2N6O6/c1-16(2)41-25-23(30)17(29)14-19-24(25)33-21(31-19)15-36-13-9-10-18(27(36)39)32-26(38)20(42-28(40)35(5)6)11-7-8-12-22(37)34(3)4/h8-10,12-14,16,20H,7,11,15H2,1-6H3,(H,31,33)(H,32,38)/b12-8+/t20-/m0/s1. The van der Waals surface area contributed by atoms with Gasteiger partial charge in [-0.15, -0.1) is 0 Å². The van der Waals surface area contributed by atoms with E-state index in [1.54, 1.807) is 34.0 Å². The Bertz CT molecular complexity index is 1550. The lowest BCUT2D eigenvalue weighted by Crippen LogP contribution is -2.37. The molecule has 226 valence electrons. The molecule has 0 fully saturated rings. The van der Waals surface area contributed by atoms with Crippen LogP contribution in [0.2, 0.25) is 0 Å². The van der Waals surface area contributed by atoms with Gasteiger partial charge in [0, 0.05) is 40.5 Å². The number of amides is 3. The molecule has 0 saturated heterocycles. The van der Waals surface area contributed by atoms with E-state index in [1.807, 2.05) is 0 Å². The number of hydrogen-bond donors (Lipinski definition) is 2. The topological polar surface area (TPSA) is 139 Å². The van der Waals surface area contributed by atoms with Crippen molar-refractivity contribution in [1.29, 1.82) is 0 Å². The molecule has 1 aromatic carbocycles.